The molecule has 0 bridgehead atoms. The lowest BCUT2D eigenvalue weighted by atomic mass is 9.87. The van der Waals surface area contributed by atoms with Crippen molar-refractivity contribution in [2.45, 2.75) is 52.5 Å². The number of amides is 2. The molecular formula is C20H38N4O2. The van der Waals surface area contributed by atoms with E-state index in [0.717, 1.165) is 58.0 Å². The van der Waals surface area contributed by atoms with E-state index in [0.29, 0.717) is 19.1 Å². The Morgan fingerprint density at radius 2 is 1.31 bits per heavy atom. The maximum atomic E-state index is 12.6. The van der Waals surface area contributed by atoms with Gasteiger partial charge >= 0.3 is 0 Å². The van der Waals surface area contributed by atoms with E-state index in [1.165, 1.54) is 12.8 Å². The molecule has 1 heterocycles. The first-order valence-corrected chi connectivity index (χ1v) is 10.4. The van der Waals surface area contributed by atoms with E-state index in [4.69, 9.17) is 0 Å². The van der Waals surface area contributed by atoms with Crippen LogP contribution in [0.3, 0.4) is 0 Å². The van der Waals surface area contributed by atoms with Crippen LogP contribution in [0.15, 0.2) is 0 Å². The summed E-state index contributed by atoms with van der Waals surface area (Å²) in [7, 11) is 1.97. The van der Waals surface area contributed by atoms with E-state index in [1.54, 1.807) is 0 Å². The van der Waals surface area contributed by atoms with E-state index in [1.807, 2.05) is 30.7 Å². The molecular weight excluding hydrogens is 328 g/mol. The summed E-state index contributed by atoms with van der Waals surface area (Å²) in [5.74, 6) is 1.27. The fourth-order valence-electron chi connectivity index (χ4n) is 4.11. The van der Waals surface area contributed by atoms with Crippen molar-refractivity contribution in [2.24, 2.45) is 5.92 Å². The van der Waals surface area contributed by atoms with Gasteiger partial charge in [0.05, 0.1) is 13.1 Å². The van der Waals surface area contributed by atoms with Gasteiger partial charge in [0, 0.05) is 52.4 Å². The number of carbonyl (C=O) groups excluding carboxylic acids is 2. The fourth-order valence-corrected chi connectivity index (χ4v) is 4.11. The Balaban J connectivity index is 1.71. The number of hydrogen-bond donors (Lipinski definition) is 0. The van der Waals surface area contributed by atoms with Crippen molar-refractivity contribution in [3.8, 4) is 0 Å². The Kier molecular flexibility index (Phi) is 8.35. The first-order chi connectivity index (χ1) is 12.4. The van der Waals surface area contributed by atoms with E-state index >= 15 is 0 Å². The van der Waals surface area contributed by atoms with Gasteiger partial charge in [-0.15, -0.1) is 0 Å². The van der Waals surface area contributed by atoms with Crippen molar-refractivity contribution in [1.29, 1.82) is 0 Å². The molecule has 0 radical (unpaired) electrons. The molecule has 0 atom stereocenters. The molecule has 1 aliphatic heterocycles. The highest BCUT2D eigenvalue weighted by Crippen LogP contribution is 2.26. The summed E-state index contributed by atoms with van der Waals surface area (Å²) >= 11 is 0. The molecule has 0 aromatic carbocycles. The van der Waals surface area contributed by atoms with Gasteiger partial charge in [-0.25, -0.2) is 0 Å². The van der Waals surface area contributed by atoms with Gasteiger partial charge in [-0.3, -0.25) is 19.4 Å². The molecule has 6 heteroatoms. The van der Waals surface area contributed by atoms with Crippen LogP contribution in [-0.2, 0) is 9.59 Å². The zero-order valence-electron chi connectivity index (χ0n) is 17.2. The zero-order valence-corrected chi connectivity index (χ0v) is 17.2. The summed E-state index contributed by atoms with van der Waals surface area (Å²) in [4.78, 5) is 33.2. The summed E-state index contributed by atoms with van der Waals surface area (Å²) in [6, 6.07) is 0.423. The lowest BCUT2D eigenvalue weighted by Gasteiger charge is -2.37. The number of likely N-dealkylation sites (N-methyl/N-ethyl adjacent to an activating group) is 2. The van der Waals surface area contributed by atoms with Gasteiger partial charge < -0.3 is 9.80 Å². The van der Waals surface area contributed by atoms with Crippen LogP contribution in [-0.4, -0.2) is 96.9 Å². The average molecular weight is 367 g/mol. The van der Waals surface area contributed by atoms with Gasteiger partial charge in [-0.05, 0) is 45.4 Å². The van der Waals surface area contributed by atoms with E-state index < -0.39 is 0 Å². The van der Waals surface area contributed by atoms with Gasteiger partial charge in [-0.1, -0.05) is 6.92 Å². The minimum Gasteiger partial charge on any atom is -0.342 e. The second-order valence-corrected chi connectivity index (χ2v) is 8.04. The Bertz CT molecular complexity index is 451. The largest absolute Gasteiger partial charge is 0.342 e. The third kappa shape index (κ3) is 5.95. The normalized spacial score (nSPS) is 25.1. The Labute approximate surface area is 159 Å². The van der Waals surface area contributed by atoms with Crippen LogP contribution in [0, 0.1) is 5.92 Å². The minimum atomic E-state index is 0.214. The van der Waals surface area contributed by atoms with Crippen LogP contribution in [0.4, 0.5) is 0 Å². The summed E-state index contributed by atoms with van der Waals surface area (Å²) in [5.41, 5.74) is 0. The Morgan fingerprint density at radius 1 is 0.846 bits per heavy atom. The number of carbonyl (C=O) groups is 2. The van der Waals surface area contributed by atoms with Gasteiger partial charge in [0.15, 0.2) is 0 Å². The molecule has 2 rings (SSSR count). The minimum absolute atomic E-state index is 0.214. The molecule has 1 saturated heterocycles. The molecule has 0 N–H and O–H groups in total. The molecule has 1 aliphatic carbocycles. The Morgan fingerprint density at radius 3 is 1.77 bits per heavy atom. The van der Waals surface area contributed by atoms with Crippen LogP contribution >= 0.6 is 0 Å². The van der Waals surface area contributed by atoms with Crippen LogP contribution in [0.25, 0.3) is 0 Å². The van der Waals surface area contributed by atoms with Crippen molar-refractivity contribution in [3.63, 3.8) is 0 Å². The monoisotopic (exact) mass is 366 g/mol. The second-order valence-electron chi connectivity index (χ2n) is 8.04. The lowest BCUT2D eigenvalue weighted by molar-refractivity contribution is -0.136. The highest BCUT2D eigenvalue weighted by atomic mass is 16.2. The first-order valence-electron chi connectivity index (χ1n) is 10.4. The molecule has 2 fully saturated rings. The predicted octanol–water partition coefficient (Wildman–Crippen LogP) is 1.51. The number of nitrogens with zero attached hydrogens (tertiary/aromatic N) is 4. The van der Waals surface area contributed by atoms with Crippen molar-refractivity contribution in [2.75, 3.05) is 59.4 Å². The molecule has 6 nitrogen and oxygen atoms in total. The topological polar surface area (TPSA) is 47.1 Å². The SMILES string of the molecule is CCN(CC)C(=O)CN1CCN(CC(=O)N(C)C2CCC(C)CC2)CC1. The highest BCUT2D eigenvalue weighted by molar-refractivity contribution is 5.79. The number of hydrogen-bond acceptors (Lipinski definition) is 4. The molecule has 0 aromatic heterocycles. The molecule has 0 aromatic rings. The first kappa shape index (κ1) is 21.2. The molecule has 2 amide bonds. The van der Waals surface area contributed by atoms with Crippen molar-refractivity contribution in [1.82, 2.24) is 19.6 Å². The van der Waals surface area contributed by atoms with Crippen LogP contribution < -0.4 is 0 Å². The van der Waals surface area contributed by atoms with E-state index in [2.05, 4.69) is 16.7 Å². The van der Waals surface area contributed by atoms with Crippen LogP contribution in [0.5, 0.6) is 0 Å². The maximum Gasteiger partial charge on any atom is 0.236 e. The highest BCUT2D eigenvalue weighted by Gasteiger charge is 2.27. The molecule has 150 valence electrons. The van der Waals surface area contributed by atoms with Gasteiger partial charge in [0.25, 0.3) is 0 Å². The third-order valence-electron chi connectivity index (χ3n) is 6.23. The van der Waals surface area contributed by atoms with Crippen molar-refractivity contribution in [3.05, 3.63) is 0 Å². The Hall–Kier alpha value is -1.14. The van der Waals surface area contributed by atoms with Crippen molar-refractivity contribution < 1.29 is 9.59 Å². The smallest absolute Gasteiger partial charge is 0.236 e. The summed E-state index contributed by atoms with van der Waals surface area (Å²) in [5, 5.41) is 0. The van der Waals surface area contributed by atoms with E-state index in [9.17, 15) is 9.59 Å². The van der Waals surface area contributed by atoms with Gasteiger partial charge in [0.1, 0.15) is 0 Å². The molecule has 0 spiro atoms. The average Bonchev–Trinajstić information content (AvgIpc) is 2.64. The molecule has 0 unspecified atom stereocenters. The second kappa shape index (κ2) is 10.3. The quantitative estimate of drug-likeness (QED) is 0.685. The van der Waals surface area contributed by atoms with Crippen LogP contribution in [0.1, 0.15) is 46.5 Å². The maximum absolute atomic E-state index is 12.6. The lowest BCUT2D eigenvalue weighted by Crippen LogP contribution is -2.52. The molecule has 2 aliphatic rings. The van der Waals surface area contributed by atoms with Gasteiger partial charge in [0.2, 0.25) is 11.8 Å². The zero-order chi connectivity index (χ0) is 19.1. The standard InChI is InChI=1S/C20H38N4O2/c1-5-24(6-2)20(26)16-23-13-11-22(12-14-23)15-19(25)21(4)18-9-7-17(3)8-10-18/h17-18H,5-16H2,1-4H3. The van der Waals surface area contributed by atoms with Crippen molar-refractivity contribution >= 4 is 11.8 Å². The number of rotatable bonds is 7. The molecule has 26 heavy (non-hydrogen) atoms. The van der Waals surface area contributed by atoms with Gasteiger partial charge in [-0.2, -0.15) is 0 Å². The third-order valence-corrected chi connectivity index (χ3v) is 6.23. The summed E-state index contributed by atoms with van der Waals surface area (Å²) < 4.78 is 0. The van der Waals surface area contributed by atoms with Crippen LogP contribution in [0.2, 0.25) is 0 Å². The summed E-state index contributed by atoms with van der Waals surface area (Å²) in [6.45, 7) is 12.4. The van der Waals surface area contributed by atoms with E-state index in [-0.39, 0.29) is 11.8 Å². The molecule has 1 saturated carbocycles. The number of piperazine rings is 1. The fraction of sp³-hybridized carbons (Fsp3) is 0.900. The predicted molar refractivity (Wildman–Crippen MR) is 105 cm³/mol. The summed E-state index contributed by atoms with van der Waals surface area (Å²) in [6.07, 6.45) is 4.76.